The molecule has 1 aromatic heterocycles. The summed E-state index contributed by atoms with van der Waals surface area (Å²) in [6.45, 7) is 2.25. The van der Waals surface area contributed by atoms with Gasteiger partial charge < -0.3 is 10.2 Å². The second-order valence-corrected chi connectivity index (χ2v) is 11.9. The van der Waals surface area contributed by atoms with E-state index < -0.39 is 16.1 Å². The molecule has 5 rings (SSSR count). The molecule has 9 heteroatoms. The van der Waals surface area contributed by atoms with Crippen molar-refractivity contribution in [2.75, 3.05) is 19.6 Å². The summed E-state index contributed by atoms with van der Waals surface area (Å²) in [4.78, 5) is 29.2. The molecule has 3 aromatic carbocycles. The van der Waals surface area contributed by atoms with Crippen LogP contribution in [0.25, 0.3) is 10.8 Å². The van der Waals surface area contributed by atoms with Gasteiger partial charge in [-0.05, 0) is 58.5 Å². The van der Waals surface area contributed by atoms with Crippen molar-refractivity contribution in [3.8, 4) is 0 Å². The maximum atomic E-state index is 13.5. The Morgan fingerprint density at radius 3 is 2.41 bits per heavy atom. The van der Waals surface area contributed by atoms with Gasteiger partial charge >= 0.3 is 0 Å². The number of hydrogen-bond acceptors (Lipinski definition) is 5. The summed E-state index contributed by atoms with van der Waals surface area (Å²) < 4.78 is 27.9. The van der Waals surface area contributed by atoms with E-state index >= 15 is 0 Å². The number of sulfonamides is 1. The third kappa shape index (κ3) is 5.16. The summed E-state index contributed by atoms with van der Waals surface area (Å²) in [7, 11) is -3.81. The van der Waals surface area contributed by atoms with Gasteiger partial charge in [-0.15, -0.1) is 11.3 Å². The Hall–Kier alpha value is -3.53. The Labute approximate surface area is 220 Å². The lowest BCUT2D eigenvalue weighted by atomic mass is 10.1. The summed E-state index contributed by atoms with van der Waals surface area (Å²) in [6.07, 6.45) is 0. The average Bonchev–Trinajstić information content (AvgIpc) is 3.37. The first-order chi connectivity index (χ1) is 17.8. The molecular weight excluding hydrogens is 506 g/mol. The van der Waals surface area contributed by atoms with Crippen molar-refractivity contribution < 1.29 is 18.0 Å². The number of piperazine rings is 1. The number of rotatable bonds is 6. The van der Waals surface area contributed by atoms with E-state index in [1.54, 1.807) is 18.2 Å². The van der Waals surface area contributed by atoms with Gasteiger partial charge in [0.25, 0.3) is 5.91 Å². The second kappa shape index (κ2) is 10.5. The molecule has 1 unspecified atom stereocenters. The van der Waals surface area contributed by atoms with Crippen LogP contribution in [0.3, 0.4) is 0 Å². The maximum Gasteiger partial charge on any atom is 0.264 e. The number of thiophene rings is 1. The van der Waals surface area contributed by atoms with Crippen molar-refractivity contribution in [2.45, 2.75) is 24.4 Å². The van der Waals surface area contributed by atoms with Crippen LogP contribution in [0.5, 0.6) is 0 Å². The lowest BCUT2D eigenvalue weighted by Gasteiger charge is -2.39. The van der Waals surface area contributed by atoms with Gasteiger partial charge in [0.15, 0.2) is 0 Å². The van der Waals surface area contributed by atoms with Crippen LogP contribution >= 0.6 is 11.3 Å². The summed E-state index contributed by atoms with van der Waals surface area (Å²) in [5.41, 5.74) is 1.76. The molecule has 1 atom stereocenters. The molecule has 0 saturated carbocycles. The Morgan fingerprint density at radius 2 is 1.68 bits per heavy atom. The lowest BCUT2D eigenvalue weighted by Crippen LogP contribution is -2.61. The number of carbonyl (C=O) groups is 2. The highest BCUT2D eigenvalue weighted by Crippen LogP contribution is 2.25. The standard InChI is InChI=1S/C28H27N3O4S2/c1-20-13-16-36-26(20)28(33)31-15-14-30(37(34,35)24-9-3-2-4-10-24)19-25(31)27(32)29-18-21-11-12-22-7-5-6-8-23(22)17-21/h2-13,16-17,25H,14-15,18-19H2,1H3,(H,29,32). The molecule has 1 aliphatic rings. The van der Waals surface area contributed by atoms with Crippen molar-refractivity contribution >= 4 is 43.9 Å². The molecule has 0 bridgehead atoms. The molecule has 0 spiro atoms. The quantitative estimate of drug-likeness (QED) is 0.405. The number of fused-ring (bicyclic) bond motifs is 1. The lowest BCUT2D eigenvalue weighted by molar-refractivity contribution is -0.127. The van der Waals surface area contributed by atoms with Gasteiger partial charge in [0.2, 0.25) is 15.9 Å². The summed E-state index contributed by atoms with van der Waals surface area (Å²) >= 11 is 1.32. The van der Waals surface area contributed by atoms with Crippen LogP contribution in [-0.4, -0.2) is 55.1 Å². The maximum absolute atomic E-state index is 13.5. The zero-order valence-corrected chi connectivity index (χ0v) is 22.0. The minimum Gasteiger partial charge on any atom is -0.350 e. The van der Waals surface area contributed by atoms with E-state index in [4.69, 9.17) is 0 Å². The van der Waals surface area contributed by atoms with Crippen molar-refractivity contribution in [1.29, 1.82) is 0 Å². The molecule has 1 fully saturated rings. The highest BCUT2D eigenvalue weighted by Gasteiger charge is 2.40. The summed E-state index contributed by atoms with van der Waals surface area (Å²) in [6, 6.07) is 23.0. The first-order valence-corrected chi connectivity index (χ1v) is 14.3. The monoisotopic (exact) mass is 533 g/mol. The third-order valence-electron chi connectivity index (χ3n) is 6.62. The van der Waals surface area contributed by atoms with Gasteiger partial charge in [0.05, 0.1) is 9.77 Å². The fourth-order valence-corrected chi connectivity index (χ4v) is 6.90. The largest absolute Gasteiger partial charge is 0.350 e. The average molecular weight is 534 g/mol. The van der Waals surface area contributed by atoms with Crippen LogP contribution in [0.4, 0.5) is 0 Å². The number of benzene rings is 3. The van der Waals surface area contributed by atoms with E-state index in [9.17, 15) is 18.0 Å². The van der Waals surface area contributed by atoms with Crippen molar-refractivity contribution in [3.05, 3.63) is 100 Å². The number of nitrogens with one attached hydrogen (secondary N) is 1. The fourth-order valence-electron chi connectivity index (χ4n) is 4.56. The van der Waals surface area contributed by atoms with Gasteiger partial charge in [-0.2, -0.15) is 4.31 Å². The van der Waals surface area contributed by atoms with Crippen LogP contribution < -0.4 is 5.32 Å². The van der Waals surface area contributed by atoms with Gasteiger partial charge in [-0.25, -0.2) is 8.42 Å². The van der Waals surface area contributed by atoms with Gasteiger partial charge in [-0.3, -0.25) is 9.59 Å². The van der Waals surface area contributed by atoms with E-state index in [0.29, 0.717) is 4.88 Å². The van der Waals surface area contributed by atoms with Gasteiger partial charge in [0.1, 0.15) is 6.04 Å². The Morgan fingerprint density at radius 1 is 0.946 bits per heavy atom. The Kier molecular flexibility index (Phi) is 7.10. The number of amides is 2. The molecule has 4 aromatic rings. The smallest absolute Gasteiger partial charge is 0.264 e. The van der Waals surface area contributed by atoms with Crippen molar-refractivity contribution in [1.82, 2.24) is 14.5 Å². The topological polar surface area (TPSA) is 86.8 Å². The van der Waals surface area contributed by atoms with E-state index in [0.717, 1.165) is 21.9 Å². The predicted octanol–water partition coefficient (Wildman–Crippen LogP) is 4.04. The molecule has 0 aliphatic carbocycles. The molecule has 0 radical (unpaired) electrons. The summed E-state index contributed by atoms with van der Waals surface area (Å²) in [5, 5.41) is 6.95. The molecule has 1 saturated heterocycles. The third-order valence-corrected chi connectivity index (χ3v) is 9.51. The first kappa shape index (κ1) is 25.1. The highest BCUT2D eigenvalue weighted by molar-refractivity contribution is 7.89. The molecule has 2 amide bonds. The molecule has 7 nitrogen and oxygen atoms in total. The molecule has 37 heavy (non-hydrogen) atoms. The van der Waals surface area contributed by atoms with Crippen LogP contribution in [0.1, 0.15) is 20.8 Å². The predicted molar refractivity (Wildman–Crippen MR) is 145 cm³/mol. The first-order valence-electron chi connectivity index (χ1n) is 12.0. The Balaban J connectivity index is 1.39. The molecule has 190 valence electrons. The van der Waals surface area contributed by atoms with Crippen molar-refractivity contribution in [2.24, 2.45) is 0 Å². The van der Waals surface area contributed by atoms with Crippen molar-refractivity contribution in [3.63, 3.8) is 0 Å². The minimum absolute atomic E-state index is 0.113. The van der Waals surface area contributed by atoms with E-state index in [-0.39, 0.29) is 42.9 Å². The number of carbonyl (C=O) groups excluding carboxylic acids is 2. The molecule has 1 N–H and O–H groups in total. The van der Waals surface area contributed by atoms with Crippen LogP contribution in [-0.2, 0) is 21.4 Å². The van der Waals surface area contributed by atoms with Crippen LogP contribution in [0, 0.1) is 6.92 Å². The normalized spacial score (nSPS) is 16.6. The van der Waals surface area contributed by atoms with E-state index in [2.05, 4.69) is 5.32 Å². The number of aryl methyl sites for hydroxylation is 1. The Bertz CT molecular complexity index is 1550. The van der Waals surface area contributed by atoms with Gasteiger partial charge in [0, 0.05) is 26.2 Å². The van der Waals surface area contributed by atoms with Crippen LogP contribution in [0.15, 0.2) is 89.1 Å². The minimum atomic E-state index is -3.81. The molecule has 2 heterocycles. The van der Waals surface area contributed by atoms with E-state index in [1.165, 1.54) is 32.7 Å². The zero-order valence-electron chi connectivity index (χ0n) is 20.3. The highest BCUT2D eigenvalue weighted by atomic mass is 32.2. The molecule has 1 aliphatic heterocycles. The van der Waals surface area contributed by atoms with E-state index in [1.807, 2.05) is 60.8 Å². The van der Waals surface area contributed by atoms with Crippen LogP contribution in [0.2, 0.25) is 0 Å². The number of hydrogen-bond donors (Lipinski definition) is 1. The van der Waals surface area contributed by atoms with Gasteiger partial charge in [-0.1, -0.05) is 54.6 Å². The SMILES string of the molecule is Cc1ccsc1C(=O)N1CCN(S(=O)(=O)c2ccccc2)CC1C(=O)NCc1ccc2ccccc2c1. The summed E-state index contributed by atoms with van der Waals surface area (Å²) in [5.74, 6) is -0.640. The second-order valence-electron chi connectivity index (χ2n) is 9.02. The zero-order chi connectivity index (χ0) is 26.0. The molecular formula is C28H27N3O4S2. The number of nitrogens with zero attached hydrogens (tertiary/aromatic N) is 2. The fraction of sp³-hybridized carbons (Fsp3) is 0.214.